The zero-order valence-corrected chi connectivity index (χ0v) is 15.0. The molecule has 140 valence electrons. The van der Waals surface area contributed by atoms with Crippen LogP contribution in [0.2, 0.25) is 0 Å². The molecular weight excluding hydrogens is 350 g/mol. The zero-order chi connectivity index (χ0) is 18.8. The smallest absolute Gasteiger partial charge is 0.249 e. The highest BCUT2D eigenvalue weighted by Gasteiger charge is 2.72. The second-order valence-electron chi connectivity index (χ2n) is 8.43. The molecule has 1 aromatic heterocycles. The Labute approximate surface area is 155 Å². The third kappa shape index (κ3) is 2.51. The lowest BCUT2D eigenvalue weighted by molar-refractivity contribution is -0.223. The van der Waals surface area contributed by atoms with Crippen molar-refractivity contribution in [3.63, 3.8) is 0 Å². The van der Waals surface area contributed by atoms with E-state index in [2.05, 4.69) is 10.2 Å². The van der Waals surface area contributed by atoms with E-state index in [0.717, 1.165) is 37.4 Å². The van der Waals surface area contributed by atoms with Gasteiger partial charge in [-0.3, -0.25) is 9.48 Å². The molecule has 6 rings (SSSR count). The molecule has 4 aliphatic rings. The summed E-state index contributed by atoms with van der Waals surface area (Å²) >= 11 is 0. The summed E-state index contributed by atoms with van der Waals surface area (Å²) in [5, 5.41) is 10.0. The third-order valence-corrected chi connectivity index (χ3v) is 6.16. The number of nitrogens with zero attached hydrogens (tertiary/aromatic N) is 4. The molecule has 1 amide bonds. The number of benzene rings is 1. The molecule has 1 atom stereocenters. The van der Waals surface area contributed by atoms with Crippen molar-refractivity contribution in [1.82, 2.24) is 14.8 Å². The van der Waals surface area contributed by atoms with Gasteiger partial charge in [-0.2, -0.15) is 10.2 Å². The first-order chi connectivity index (χ1) is 12.9. The van der Waals surface area contributed by atoms with Crippen molar-refractivity contribution in [1.29, 1.82) is 0 Å². The van der Waals surface area contributed by atoms with E-state index < -0.39 is 17.7 Å². The summed E-state index contributed by atoms with van der Waals surface area (Å²) in [6.45, 7) is 2.84. The summed E-state index contributed by atoms with van der Waals surface area (Å²) in [7, 11) is 0. The third-order valence-electron chi connectivity index (χ3n) is 6.16. The van der Waals surface area contributed by atoms with E-state index in [1.165, 1.54) is 17.1 Å². The lowest BCUT2D eigenvalue weighted by Gasteiger charge is -2.69. The minimum Gasteiger partial charge on any atom is -0.272 e. The summed E-state index contributed by atoms with van der Waals surface area (Å²) in [6.07, 6.45) is 8.47. The molecule has 1 unspecified atom stereocenters. The molecule has 7 heteroatoms. The average Bonchev–Trinajstić information content (AvgIpc) is 3.16. The van der Waals surface area contributed by atoms with Crippen molar-refractivity contribution in [3.8, 4) is 0 Å². The Kier molecular flexibility index (Phi) is 3.36. The molecule has 2 bridgehead atoms. The van der Waals surface area contributed by atoms with Crippen LogP contribution in [0.15, 0.2) is 35.7 Å². The minimum atomic E-state index is -0.636. The second-order valence-corrected chi connectivity index (χ2v) is 8.43. The summed E-state index contributed by atoms with van der Waals surface area (Å²) in [6, 6.07) is 2.98. The fraction of sp³-hybridized carbons (Fsp3) is 0.450. The normalized spacial score (nSPS) is 30.9. The molecule has 0 spiro atoms. The monoisotopic (exact) mass is 370 g/mol. The van der Waals surface area contributed by atoms with Crippen molar-refractivity contribution < 1.29 is 13.6 Å². The summed E-state index contributed by atoms with van der Waals surface area (Å²) in [5.74, 6) is -1.30. The Hall–Kier alpha value is -2.57. The summed E-state index contributed by atoms with van der Waals surface area (Å²) in [5.41, 5.74) is 1.36. The summed E-state index contributed by atoms with van der Waals surface area (Å²) in [4.78, 5) is 13.1. The Bertz CT molecular complexity index is 927. The minimum absolute atomic E-state index is 0.0237. The fourth-order valence-electron chi connectivity index (χ4n) is 5.19. The Balaban J connectivity index is 1.30. The predicted molar refractivity (Wildman–Crippen MR) is 94.7 cm³/mol. The van der Waals surface area contributed by atoms with Gasteiger partial charge >= 0.3 is 0 Å². The van der Waals surface area contributed by atoms with Crippen molar-refractivity contribution in [3.05, 3.63) is 53.4 Å². The van der Waals surface area contributed by atoms with Crippen molar-refractivity contribution in [2.75, 3.05) is 0 Å². The average molecular weight is 370 g/mol. The maximum absolute atomic E-state index is 13.6. The maximum atomic E-state index is 13.6. The number of hydrogen-bond donors (Lipinski definition) is 0. The maximum Gasteiger partial charge on any atom is 0.249 e. The molecule has 2 aromatic rings. The first kappa shape index (κ1) is 16.6. The van der Waals surface area contributed by atoms with Gasteiger partial charge in [-0.05, 0) is 54.9 Å². The van der Waals surface area contributed by atoms with Gasteiger partial charge in [0, 0.05) is 31.4 Å². The van der Waals surface area contributed by atoms with Gasteiger partial charge < -0.3 is 0 Å². The van der Waals surface area contributed by atoms with Crippen LogP contribution in [0.5, 0.6) is 0 Å². The first-order valence-electron chi connectivity index (χ1n) is 9.19. The van der Waals surface area contributed by atoms with Crippen LogP contribution in [0.3, 0.4) is 0 Å². The van der Waals surface area contributed by atoms with Gasteiger partial charge in [-0.15, -0.1) is 0 Å². The highest BCUT2D eigenvalue weighted by atomic mass is 19.1. The quantitative estimate of drug-likeness (QED) is 0.826. The number of hydrogen-bond acceptors (Lipinski definition) is 3. The van der Waals surface area contributed by atoms with Crippen molar-refractivity contribution >= 4 is 12.1 Å². The molecule has 3 fully saturated rings. The van der Waals surface area contributed by atoms with Crippen LogP contribution < -0.4 is 0 Å². The van der Waals surface area contributed by atoms with Gasteiger partial charge in [0.05, 0.1) is 17.7 Å². The topological polar surface area (TPSA) is 50.5 Å². The molecule has 1 aliphatic heterocycles. The van der Waals surface area contributed by atoms with Crippen LogP contribution in [0.1, 0.15) is 42.9 Å². The fourth-order valence-corrected chi connectivity index (χ4v) is 5.19. The van der Waals surface area contributed by atoms with Crippen LogP contribution in [0.4, 0.5) is 8.78 Å². The number of carbonyl (C=O) groups is 1. The molecule has 3 aliphatic carbocycles. The number of aromatic nitrogens is 2. The van der Waals surface area contributed by atoms with E-state index in [1.807, 2.05) is 24.0 Å². The van der Waals surface area contributed by atoms with Crippen LogP contribution in [-0.2, 0) is 11.3 Å². The van der Waals surface area contributed by atoms with Crippen molar-refractivity contribution in [2.24, 2.45) is 15.9 Å². The van der Waals surface area contributed by atoms with E-state index in [9.17, 15) is 13.6 Å². The number of hydrazone groups is 1. The second kappa shape index (κ2) is 5.47. The van der Waals surface area contributed by atoms with E-state index in [-0.39, 0.29) is 16.7 Å². The Morgan fingerprint density at radius 1 is 1.22 bits per heavy atom. The first-order valence-corrected chi connectivity index (χ1v) is 9.19. The standard InChI is InChI=1S/C20H20F2N4O/c1-13-7-24-25(8-13)12-19-9-20(10-19,11-19)18(27)26-17(2-3-23-26)14-4-15(21)6-16(22)5-14/h3-8,17H,2,9-12H2,1H3. The molecule has 0 radical (unpaired) electrons. The van der Waals surface area contributed by atoms with E-state index in [0.29, 0.717) is 12.0 Å². The number of carbonyl (C=O) groups excluding carboxylic acids is 1. The highest BCUT2D eigenvalue weighted by molar-refractivity contribution is 5.88. The van der Waals surface area contributed by atoms with E-state index >= 15 is 0 Å². The molecule has 0 saturated heterocycles. The molecule has 0 N–H and O–H groups in total. The largest absolute Gasteiger partial charge is 0.272 e. The van der Waals surface area contributed by atoms with Gasteiger partial charge in [-0.25, -0.2) is 13.8 Å². The molecule has 3 saturated carbocycles. The number of rotatable bonds is 4. The van der Waals surface area contributed by atoms with Crippen LogP contribution in [-0.4, -0.2) is 26.9 Å². The molecule has 2 heterocycles. The van der Waals surface area contributed by atoms with Gasteiger partial charge in [0.2, 0.25) is 5.91 Å². The lowest BCUT2D eigenvalue weighted by Crippen LogP contribution is -2.68. The van der Waals surface area contributed by atoms with E-state index in [1.54, 1.807) is 6.21 Å². The molecule has 1 aromatic carbocycles. The van der Waals surface area contributed by atoms with Gasteiger partial charge in [0.15, 0.2) is 0 Å². The predicted octanol–water partition coefficient (Wildman–Crippen LogP) is 3.60. The lowest BCUT2D eigenvalue weighted by atomic mass is 9.34. The number of amides is 1. The molecular formula is C20H20F2N4O. The van der Waals surface area contributed by atoms with Gasteiger partial charge in [0.25, 0.3) is 0 Å². The SMILES string of the molecule is Cc1cnn(CC23CC(C(=O)N4N=CCC4c4cc(F)cc(F)c4)(C2)C3)c1. The van der Waals surface area contributed by atoms with Gasteiger partial charge in [0.1, 0.15) is 11.6 Å². The van der Waals surface area contributed by atoms with Crippen LogP contribution in [0, 0.1) is 29.4 Å². The Morgan fingerprint density at radius 2 is 1.93 bits per heavy atom. The summed E-state index contributed by atoms with van der Waals surface area (Å²) < 4.78 is 29.1. The molecule has 5 nitrogen and oxygen atoms in total. The Morgan fingerprint density at radius 3 is 2.56 bits per heavy atom. The molecule has 27 heavy (non-hydrogen) atoms. The van der Waals surface area contributed by atoms with Crippen LogP contribution >= 0.6 is 0 Å². The van der Waals surface area contributed by atoms with Gasteiger partial charge in [-0.1, -0.05) is 0 Å². The zero-order valence-electron chi connectivity index (χ0n) is 15.0. The number of aryl methyl sites for hydroxylation is 1. The number of halogens is 2. The van der Waals surface area contributed by atoms with Crippen LogP contribution in [0.25, 0.3) is 0 Å². The van der Waals surface area contributed by atoms with Crippen molar-refractivity contribution in [2.45, 2.75) is 45.2 Å². The highest BCUT2D eigenvalue weighted by Crippen LogP contribution is 2.74. The van der Waals surface area contributed by atoms with E-state index in [4.69, 9.17) is 0 Å².